The number of rotatable bonds is 3. The molecule has 0 radical (unpaired) electrons. The van der Waals surface area contributed by atoms with Crippen LogP contribution in [0.15, 0.2) is 190 Å². The van der Waals surface area contributed by atoms with Crippen LogP contribution >= 0.6 is 11.3 Å². The molecular weight excluding hydrogens is 771 g/mol. The Morgan fingerprint density at radius 1 is 0.541 bits per heavy atom. The first-order chi connectivity index (χ1) is 30.2. The summed E-state index contributed by atoms with van der Waals surface area (Å²) in [6, 6.07) is 52.4. The van der Waals surface area contributed by atoms with Gasteiger partial charge in [-0.25, -0.2) is 0 Å². The summed E-state index contributed by atoms with van der Waals surface area (Å²) in [5.41, 5.74) is 11.1. The van der Waals surface area contributed by atoms with E-state index >= 15 is 0 Å². The van der Waals surface area contributed by atoms with Crippen LogP contribution in [0, 0.1) is 0 Å². The Kier molecular flexibility index (Phi) is 6.64. The Hall–Kier alpha value is -7.67. The number of thiophene rings is 1. The van der Waals surface area contributed by atoms with E-state index in [-0.39, 0.29) is 17.5 Å². The van der Waals surface area contributed by atoms with Gasteiger partial charge in [-0.1, -0.05) is 115 Å². The molecule has 2 aliphatic rings. The van der Waals surface area contributed by atoms with Crippen molar-refractivity contribution in [3.63, 3.8) is 0 Å². The van der Waals surface area contributed by atoms with Crippen LogP contribution in [0.25, 0.3) is 114 Å². The zero-order valence-corrected chi connectivity index (χ0v) is 33.2. The van der Waals surface area contributed by atoms with Crippen molar-refractivity contribution in [1.29, 1.82) is 0 Å². The molecule has 0 spiro atoms. The first-order valence-electron chi connectivity index (χ1n) is 20.6. The molecule has 5 heterocycles. The summed E-state index contributed by atoms with van der Waals surface area (Å²) < 4.78 is 25.2. The average molecular weight is 802 g/mol. The van der Waals surface area contributed by atoms with Crippen molar-refractivity contribution < 1.29 is 13.6 Å². The van der Waals surface area contributed by atoms with Gasteiger partial charge >= 0.3 is 0 Å². The van der Waals surface area contributed by atoms with E-state index in [0.717, 1.165) is 83.0 Å². The molecule has 61 heavy (non-hydrogen) atoms. The second-order valence-electron chi connectivity index (χ2n) is 16.2. The van der Waals surface area contributed by atoms with Gasteiger partial charge < -0.3 is 18.1 Å². The Labute approximate surface area is 351 Å². The van der Waals surface area contributed by atoms with E-state index in [9.17, 15) is 4.79 Å². The number of allylic oxidation sites excluding steroid dienone is 2. The van der Waals surface area contributed by atoms with Crippen molar-refractivity contribution in [2.75, 3.05) is 0 Å². The van der Waals surface area contributed by atoms with Crippen LogP contribution in [0.1, 0.15) is 11.5 Å². The first-order valence-corrected chi connectivity index (χ1v) is 21.4. The largest absolute Gasteiger partial charge is 0.483 e. The van der Waals surface area contributed by atoms with E-state index in [1.807, 2.05) is 54.6 Å². The summed E-state index contributed by atoms with van der Waals surface area (Å²) in [6.45, 7) is 0. The number of fused-ring (bicyclic) bond motifs is 17. The third kappa shape index (κ3) is 4.57. The topological polar surface area (TPSA) is 57.5 Å². The lowest BCUT2D eigenvalue weighted by Gasteiger charge is -2.15. The van der Waals surface area contributed by atoms with Crippen LogP contribution in [0.4, 0.5) is 0 Å². The Balaban J connectivity index is 1.07. The van der Waals surface area contributed by atoms with Gasteiger partial charge in [-0.05, 0) is 77.4 Å². The van der Waals surface area contributed by atoms with Gasteiger partial charge in [0, 0.05) is 53.0 Å². The van der Waals surface area contributed by atoms with Crippen LogP contribution < -0.4 is 10.2 Å². The summed E-state index contributed by atoms with van der Waals surface area (Å²) >= 11 is 1.79. The molecule has 2 atom stereocenters. The van der Waals surface area contributed by atoms with Crippen LogP contribution in [-0.4, -0.2) is 10.7 Å². The van der Waals surface area contributed by atoms with E-state index in [4.69, 9.17) is 13.6 Å². The molecule has 0 saturated carbocycles. The van der Waals surface area contributed by atoms with Crippen molar-refractivity contribution in [2.24, 2.45) is 0 Å². The number of furan rings is 1. The monoisotopic (exact) mass is 801 g/mol. The molecule has 0 saturated heterocycles. The van der Waals surface area contributed by atoms with Gasteiger partial charge in [-0.2, -0.15) is 0 Å². The van der Waals surface area contributed by atoms with Gasteiger partial charge in [0.25, 0.3) is 0 Å². The molecule has 12 aromatic rings. The fourth-order valence-corrected chi connectivity index (χ4v) is 11.4. The summed E-state index contributed by atoms with van der Waals surface area (Å²) in [5, 5.41) is 7.95. The molecule has 8 aromatic carbocycles. The standard InChI is InChI=1S/C55H31NO4S/c57-52-38-24-22-32(27-46(38)58-45-25-23-31(26-41(45)52)30-12-2-1-3-13-30)39-28-33(29-40-34-14-7-11-21-47(34)61-55(39)40)56-42-18-8-4-15-35(42)48-49-36-16-5-9-19-43(36)59-53(49)50-37-17-6-10-20-44(37)60-54(50)51(48)56/h1-29,37,44H. The molecule has 1 aliphatic carbocycles. The zero-order valence-electron chi connectivity index (χ0n) is 32.4. The molecule has 4 aromatic heterocycles. The number of ether oxygens (including phenoxy) is 1. The molecule has 14 rings (SSSR count). The quantitative estimate of drug-likeness (QED) is 0.167. The summed E-state index contributed by atoms with van der Waals surface area (Å²) in [7, 11) is 0. The highest BCUT2D eigenvalue weighted by Crippen LogP contribution is 2.55. The molecule has 286 valence electrons. The number of benzene rings is 8. The molecule has 0 bridgehead atoms. The second-order valence-corrected chi connectivity index (χ2v) is 17.2. The molecule has 0 amide bonds. The maximum atomic E-state index is 14.2. The number of para-hydroxylation sites is 2. The predicted octanol–water partition coefficient (Wildman–Crippen LogP) is 14.6. The minimum atomic E-state index is -0.138. The lowest BCUT2D eigenvalue weighted by molar-refractivity contribution is 0.271. The molecule has 0 N–H and O–H groups in total. The fourth-order valence-electron chi connectivity index (χ4n) is 10.2. The molecule has 6 heteroatoms. The summed E-state index contributed by atoms with van der Waals surface area (Å²) in [4.78, 5) is 14.2. The number of hydrogen-bond acceptors (Lipinski definition) is 5. The van der Waals surface area contributed by atoms with Gasteiger partial charge in [0.05, 0.1) is 33.3 Å². The number of aromatic nitrogens is 1. The minimum absolute atomic E-state index is 0.0195. The van der Waals surface area contributed by atoms with Gasteiger partial charge in [-0.15, -0.1) is 11.3 Å². The molecule has 5 nitrogen and oxygen atoms in total. The van der Waals surface area contributed by atoms with Crippen LogP contribution in [-0.2, 0) is 0 Å². The summed E-state index contributed by atoms with van der Waals surface area (Å²) in [6.07, 6.45) is 8.46. The lowest BCUT2D eigenvalue weighted by atomic mass is 9.89. The SMILES string of the molecule is O=c1c2ccc(-c3cc(-n4c5ccccc5c5c6c(oc7ccccc76)c6c(c54)OC4C=CC=CC64)cc4c3sc3ccccc34)cc2oc2ccc(-c3ccccc3)cc12. The van der Waals surface area contributed by atoms with E-state index < -0.39 is 0 Å². The minimum Gasteiger partial charge on any atom is -0.483 e. The van der Waals surface area contributed by atoms with Crippen molar-refractivity contribution in [3.05, 3.63) is 192 Å². The van der Waals surface area contributed by atoms with E-state index in [0.29, 0.717) is 21.9 Å². The third-order valence-corrected chi connectivity index (χ3v) is 14.1. The smallest absolute Gasteiger partial charge is 0.200 e. The highest BCUT2D eigenvalue weighted by molar-refractivity contribution is 7.26. The zero-order chi connectivity index (χ0) is 39.9. The van der Waals surface area contributed by atoms with Gasteiger partial charge in [0.2, 0.25) is 5.43 Å². The third-order valence-electron chi connectivity index (χ3n) is 12.9. The van der Waals surface area contributed by atoms with Crippen LogP contribution in [0.3, 0.4) is 0 Å². The van der Waals surface area contributed by atoms with Gasteiger partial charge in [-0.3, -0.25) is 4.79 Å². The van der Waals surface area contributed by atoms with Crippen LogP contribution in [0.2, 0.25) is 0 Å². The van der Waals surface area contributed by atoms with E-state index in [1.165, 1.54) is 20.2 Å². The molecular formula is C55H31NO4S. The molecule has 2 unspecified atom stereocenters. The average Bonchev–Trinajstić information content (AvgIpc) is 4.08. The second kappa shape index (κ2) is 12.2. The predicted molar refractivity (Wildman–Crippen MR) is 251 cm³/mol. The maximum absolute atomic E-state index is 14.2. The molecule has 1 aliphatic heterocycles. The van der Waals surface area contributed by atoms with Crippen molar-refractivity contribution >= 4 is 97.2 Å². The van der Waals surface area contributed by atoms with Gasteiger partial charge in [0.15, 0.2) is 5.75 Å². The Morgan fingerprint density at radius 2 is 1.31 bits per heavy atom. The van der Waals surface area contributed by atoms with Crippen molar-refractivity contribution in [2.45, 2.75) is 12.0 Å². The normalized spacial score (nSPS) is 15.9. The van der Waals surface area contributed by atoms with Crippen LogP contribution in [0.5, 0.6) is 5.75 Å². The molecule has 0 fully saturated rings. The van der Waals surface area contributed by atoms with Crippen molar-refractivity contribution in [3.8, 4) is 33.7 Å². The lowest BCUT2D eigenvalue weighted by Crippen LogP contribution is -2.15. The Morgan fingerprint density at radius 3 is 2.23 bits per heavy atom. The highest BCUT2D eigenvalue weighted by Gasteiger charge is 2.39. The number of hydrogen-bond donors (Lipinski definition) is 0. The maximum Gasteiger partial charge on any atom is 0.200 e. The van der Waals surface area contributed by atoms with Gasteiger partial charge in [0.1, 0.15) is 28.4 Å². The van der Waals surface area contributed by atoms with E-state index in [1.54, 1.807) is 11.3 Å². The fraction of sp³-hybridized carbons (Fsp3) is 0.0364. The summed E-state index contributed by atoms with van der Waals surface area (Å²) in [5.74, 6) is 0.876. The first kappa shape index (κ1) is 33.2. The van der Waals surface area contributed by atoms with E-state index in [2.05, 4.69) is 126 Å². The Bertz CT molecular complexity index is 4010. The number of nitrogens with zero attached hydrogens (tertiary/aromatic N) is 1. The highest BCUT2D eigenvalue weighted by atomic mass is 32.1. The van der Waals surface area contributed by atoms with Crippen molar-refractivity contribution in [1.82, 2.24) is 4.57 Å².